The van der Waals surface area contributed by atoms with Crippen molar-refractivity contribution in [2.75, 3.05) is 0 Å². The summed E-state index contributed by atoms with van der Waals surface area (Å²) in [6, 6.07) is 137. The third kappa shape index (κ3) is 11.2. The molecule has 21 aromatic carbocycles. The first-order valence-electron chi connectivity index (χ1n) is 41.5. The van der Waals surface area contributed by atoms with Gasteiger partial charge >= 0.3 is 0 Å². The van der Waals surface area contributed by atoms with Crippen LogP contribution in [0.2, 0.25) is 0 Å². The summed E-state index contributed by atoms with van der Waals surface area (Å²) in [5.74, 6) is 0. The quantitative estimate of drug-likeness (QED) is 0.142. The number of benzene rings is 21. The summed E-state index contributed by atoms with van der Waals surface area (Å²) < 4.78 is 62.4. The Morgan fingerprint density at radius 1 is 0.165 bits per heavy atom. The van der Waals surface area contributed by atoms with Gasteiger partial charge in [-0.25, -0.2) is 0 Å². The standard InChI is InChI=1S/C42H26O.C38H24O.C32H20O/c1-2-14-28(15-3-1)40-32-18-6-8-20-34(32)41(35-21-9-7-19-33(35)40)37-25-29(31-23-12-16-27-13-4-5-17-30(27)31)26-39-42(37)36-22-10-11-24-38(36)43-39;1-3-13-25(14-4-1)27-23-24-33(37-32-21-11-12-22-34(32)39-38(27)37)36-30-19-9-7-17-28(30)35(26-15-5-2-6-16-26)29-18-8-10-20-31(29)36;1-2-11-21(12-3-1)30-22-13-4-6-15-24(22)31(25-16-7-5-14-23(25)30)27-18-10-20-29-32(27)26-17-8-9-19-28(26)33-29/h1-26H;1-24H;1-20H/i1D,2D,3D,14D,15D;;. The summed E-state index contributed by atoms with van der Waals surface area (Å²) >= 11 is 0. The zero-order valence-electron chi connectivity index (χ0n) is 67.3. The van der Waals surface area contributed by atoms with Gasteiger partial charge in [0.15, 0.2) is 0 Å². The highest BCUT2D eigenvalue weighted by Gasteiger charge is 2.26. The molecule has 24 rings (SSSR count). The lowest BCUT2D eigenvalue weighted by atomic mass is 9.84. The predicted molar refractivity (Wildman–Crippen MR) is 487 cm³/mol. The van der Waals surface area contributed by atoms with Crippen molar-refractivity contribution < 1.29 is 20.1 Å². The molecule has 3 aromatic heterocycles. The molecule has 0 spiro atoms. The normalized spacial score (nSPS) is 12.3. The van der Waals surface area contributed by atoms with Gasteiger partial charge in [0.2, 0.25) is 0 Å². The number of hydrogen-bond donors (Lipinski definition) is 0. The Balaban J connectivity index is 0.000000110. The van der Waals surface area contributed by atoms with Gasteiger partial charge < -0.3 is 13.3 Å². The molecule has 3 heterocycles. The number of rotatable bonds is 8. The molecule has 536 valence electrons. The summed E-state index contributed by atoms with van der Waals surface area (Å²) in [5, 5.41) is 22.4. The fourth-order valence-electron chi connectivity index (χ4n) is 18.3. The fraction of sp³-hybridized carbons (Fsp3) is 0. The van der Waals surface area contributed by atoms with Crippen LogP contribution in [0.5, 0.6) is 0 Å². The van der Waals surface area contributed by atoms with Crippen LogP contribution < -0.4 is 0 Å². The van der Waals surface area contributed by atoms with E-state index in [4.69, 9.17) is 20.1 Å². The monoisotopic (exact) mass is 1470 g/mol. The number of furan rings is 3. The molecule has 0 atom stereocenters. The summed E-state index contributed by atoms with van der Waals surface area (Å²) in [5.41, 5.74) is 22.4. The highest BCUT2D eigenvalue weighted by atomic mass is 16.3. The molecule has 0 aliphatic heterocycles. The first kappa shape index (κ1) is 61.6. The topological polar surface area (TPSA) is 39.4 Å². The van der Waals surface area contributed by atoms with Gasteiger partial charge in [-0.2, -0.15) is 0 Å². The predicted octanol–water partition coefficient (Wildman–Crippen LogP) is 32.2. The number of fused-ring (bicyclic) bond motifs is 16. The third-order valence-corrected chi connectivity index (χ3v) is 23.1. The highest BCUT2D eigenvalue weighted by molar-refractivity contribution is 6.30. The lowest BCUT2D eigenvalue weighted by Gasteiger charge is -2.19. The summed E-state index contributed by atoms with van der Waals surface area (Å²) in [6.45, 7) is 0. The van der Waals surface area contributed by atoms with Gasteiger partial charge in [0.1, 0.15) is 33.5 Å². The molecule has 0 saturated heterocycles. The van der Waals surface area contributed by atoms with Crippen molar-refractivity contribution in [2.45, 2.75) is 0 Å². The van der Waals surface area contributed by atoms with Gasteiger partial charge in [-0.15, -0.1) is 0 Å². The van der Waals surface area contributed by atoms with Crippen molar-refractivity contribution in [2.24, 2.45) is 0 Å². The van der Waals surface area contributed by atoms with Crippen LogP contribution in [-0.2, 0) is 0 Å². The second-order valence-electron chi connectivity index (χ2n) is 29.4. The van der Waals surface area contributed by atoms with Crippen LogP contribution in [-0.4, -0.2) is 0 Å². The van der Waals surface area contributed by atoms with E-state index in [0.29, 0.717) is 5.56 Å². The molecule has 24 aromatic rings. The largest absolute Gasteiger partial charge is 0.456 e. The van der Waals surface area contributed by atoms with Gasteiger partial charge in [0.05, 0.1) is 6.85 Å². The van der Waals surface area contributed by atoms with Crippen LogP contribution in [0.15, 0.2) is 438 Å². The smallest absolute Gasteiger partial charge is 0.143 e. The molecule has 0 unspecified atom stereocenters. The maximum atomic E-state index is 8.92. The number of hydrogen-bond acceptors (Lipinski definition) is 3. The molecular formula is C112H70O3. The molecule has 0 bridgehead atoms. The van der Waals surface area contributed by atoms with Gasteiger partial charge in [-0.05, 0) is 201 Å². The molecule has 0 radical (unpaired) electrons. The highest BCUT2D eigenvalue weighted by Crippen LogP contribution is 2.53. The Labute approximate surface area is 670 Å². The van der Waals surface area contributed by atoms with Crippen molar-refractivity contribution in [1.29, 1.82) is 0 Å². The maximum absolute atomic E-state index is 8.92. The van der Waals surface area contributed by atoms with E-state index in [9.17, 15) is 0 Å². The molecule has 0 fully saturated rings. The van der Waals surface area contributed by atoms with Crippen LogP contribution in [0.25, 0.3) is 230 Å². The van der Waals surface area contributed by atoms with Gasteiger partial charge in [0, 0.05) is 37.9 Å². The minimum Gasteiger partial charge on any atom is -0.456 e. The van der Waals surface area contributed by atoms with E-state index >= 15 is 0 Å². The van der Waals surface area contributed by atoms with Crippen molar-refractivity contribution in [3.05, 3.63) is 425 Å². The second-order valence-corrected chi connectivity index (χ2v) is 29.4. The lowest BCUT2D eigenvalue weighted by Crippen LogP contribution is -1.92. The molecule has 115 heavy (non-hydrogen) atoms. The van der Waals surface area contributed by atoms with E-state index in [1.54, 1.807) is 0 Å². The third-order valence-electron chi connectivity index (χ3n) is 23.1. The fourth-order valence-corrected chi connectivity index (χ4v) is 18.3. The van der Waals surface area contributed by atoms with E-state index in [1.807, 2.05) is 72.8 Å². The average Bonchev–Trinajstić information content (AvgIpc) is 1.25. The summed E-state index contributed by atoms with van der Waals surface area (Å²) in [7, 11) is 0. The molecule has 0 N–H and O–H groups in total. The zero-order chi connectivity index (χ0) is 80.2. The van der Waals surface area contributed by atoms with Crippen molar-refractivity contribution in [1.82, 2.24) is 0 Å². The van der Waals surface area contributed by atoms with Crippen molar-refractivity contribution in [3.8, 4) is 89.0 Å². The van der Waals surface area contributed by atoms with E-state index < -0.39 is 6.04 Å². The Kier molecular flexibility index (Phi) is 15.0. The average molecular weight is 1470 g/mol. The first-order chi connectivity index (χ1) is 59.2. The molecule has 0 aliphatic rings. The van der Waals surface area contributed by atoms with E-state index in [2.05, 4.69) is 322 Å². The molecule has 3 nitrogen and oxygen atoms in total. The molecule has 0 amide bonds. The SMILES string of the molecule is [2H]c1c([2H])c([2H])c(-c2c3ccccc3c(-c3cc(-c4cccc5ccccc45)cc4oc5ccccc5c34)c3ccccc23)c([2H])c1[2H].c1ccc(-c2c3ccccc3c(-c3ccc(-c4ccccc4)c4oc5ccccc5c34)c3ccccc23)cc1.c1ccc(-c2c3ccccc3c(-c3cccc4oc5ccccc5c34)c3ccccc23)cc1. The van der Waals surface area contributed by atoms with Crippen LogP contribution >= 0.6 is 0 Å². The zero-order valence-corrected chi connectivity index (χ0v) is 62.3. The molecular weight excluding hydrogens is 1390 g/mol. The van der Waals surface area contributed by atoms with Crippen molar-refractivity contribution in [3.63, 3.8) is 0 Å². The van der Waals surface area contributed by atoms with Crippen LogP contribution in [0, 0.1) is 0 Å². The van der Waals surface area contributed by atoms with Crippen LogP contribution in [0.4, 0.5) is 0 Å². The van der Waals surface area contributed by atoms with Gasteiger partial charge in [-0.1, -0.05) is 382 Å². The van der Waals surface area contributed by atoms with Gasteiger partial charge in [0.25, 0.3) is 0 Å². The second kappa shape index (κ2) is 28.0. The minimum absolute atomic E-state index is 0.198. The Morgan fingerprint density at radius 3 is 0.957 bits per heavy atom. The Bertz CT molecular complexity index is 8080. The summed E-state index contributed by atoms with van der Waals surface area (Å²) in [4.78, 5) is 0. The van der Waals surface area contributed by atoms with Gasteiger partial charge in [-0.3, -0.25) is 0 Å². The van der Waals surface area contributed by atoms with E-state index in [0.717, 1.165) is 126 Å². The van der Waals surface area contributed by atoms with Crippen LogP contribution in [0.1, 0.15) is 6.85 Å². The first-order valence-corrected chi connectivity index (χ1v) is 39.0. The molecule has 0 saturated carbocycles. The minimum atomic E-state index is -0.404. The summed E-state index contributed by atoms with van der Waals surface area (Å²) in [6.07, 6.45) is 0. The van der Waals surface area contributed by atoms with E-state index in [-0.39, 0.29) is 29.7 Å². The van der Waals surface area contributed by atoms with E-state index in [1.165, 1.54) is 93.0 Å². The Hall–Kier alpha value is -15.2. The number of para-hydroxylation sites is 3. The lowest BCUT2D eigenvalue weighted by molar-refractivity contribution is 0.668. The Morgan fingerprint density at radius 2 is 0.478 bits per heavy atom. The van der Waals surface area contributed by atoms with Crippen LogP contribution in [0.3, 0.4) is 0 Å². The maximum Gasteiger partial charge on any atom is 0.143 e. The van der Waals surface area contributed by atoms with Crippen molar-refractivity contribution >= 4 is 141 Å². The molecule has 0 aliphatic carbocycles. The molecule has 3 heteroatoms.